The lowest BCUT2D eigenvalue weighted by Gasteiger charge is -2.13. The summed E-state index contributed by atoms with van der Waals surface area (Å²) >= 11 is 2.26. The first-order chi connectivity index (χ1) is 8.72. The van der Waals surface area contributed by atoms with E-state index in [9.17, 15) is 4.79 Å². The minimum Gasteiger partial charge on any atom is -0.445 e. The molecule has 0 fully saturated rings. The molecular weight excluding hydrogens is 343 g/mol. The van der Waals surface area contributed by atoms with E-state index >= 15 is 0 Å². The lowest BCUT2D eigenvalue weighted by atomic mass is 10.2. The van der Waals surface area contributed by atoms with Crippen LogP contribution in [0.1, 0.15) is 18.9 Å². The van der Waals surface area contributed by atoms with Crippen LogP contribution in [0.2, 0.25) is 0 Å². The Kier molecular flexibility index (Phi) is 7.75. The molecule has 0 heterocycles. The van der Waals surface area contributed by atoms with Crippen LogP contribution in [0.4, 0.5) is 4.79 Å². The summed E-state index contributed by atoms with van der Waals surface area (Å²) in [6.45, 7) is 4.91. The molecule has 1 N–H and O–H groups in total. The highest BCUT2D eigenvalue weighted by Crippen LogP contribution is 2.01. The zero-order valence-electron chi connectivity index (χ0n) is 10.6. The van der Waals surface area contributed by atoms with Crippen LogP contribution in [0.3, 0.4) is 0 Å². The van der Waals surface area contributed by atoms with Crippen LogP contribution in [0.25, 0.3) is 0 Å². The van der Waals surface area contributed by atoms with Crippen LogP contribution in [0.15, 0.2) is 30.3 Å². The fourth-order valence-corrected chi connectivity index (χ4v) is 2.13. The highest BCUT2D eigenvalue weighted by atomic mass is 127. The molecule has 0 aliphatic heterocycles. The van der Waals surface area contributed by atoms with E-state index < -0.39 is 0 Å². The molecule has 0 saturated heterocycles. The van der Waals surface area contributed by atoms with Crippen LogP contribution in [0, 0.1) is 0 Å². The molecule has 1 aromatic carbocycles. The van der Waals surface area contributed by atoms with Crippen molar-refractivity contribution in [2.24, 2.45) is 0 Å². The molecule has 1 aromatic rings. The fraction of sp³-hybridized carbons (Fsp3) is 0.462. The van der Waals surface area contributed by atoms with Crippen LogP contribution in [-0.4, -0.2) is 28.8 Å². The Hall–Kier alpha value is -0.820. The smallest absolute Gasteiger partial charge is 0.407 e. The van der Waals surface area contributed by atoms with E-state index in [4.69, 9.17) is 4.74 Å². The first-order valence-corrected chi connectivity index (χ1v) is 7.04. The second-order valence-electron chi connectivity index (χ2n) is 3.90. The first kappa shape index (κ1) is 15.2. The summed E-state index contributed by atoms with van der Waals surface area (Å²) in [6.07, 6.45) is 0.752. The van der Waals surface area contributed by atoms with Crippen LogP contribution < -0.4 is 5.32 Å². The van der Waals surface area contributed by atoms with Crippen molar-refractivity contribution in [1.29, 1.82) is 0 Å². The summed E-state index contributed by atoms with van der Waals surface area (Å²) in [5, 5.41) is 2.73. The number of amides is 1. The number of hydrogen-bond acceptors (Lipinski definition) is 3. The number of carbonyl (C=O) groups is 1. The average Bonchev–Trinajstić information content (AvgIpc) is 2.38. The predicted molar refractivity (Wildman–Crippen MR) is 80.5 cm³/mol. The van der Waals surface area contributed by atoms with Gasteiger partial charge in [-0.15, -0.1) is 0 Å². The SMILES string of the molecule is CCCN(I)CCNC(=O)OCc1ccccc1. The van der Waals surface area contributed by atoms with Gasteiger partial charge < -0.3 is 10.1 Å². The number of carbonyl (C=O) groups excluding carboxylic acids is 1. The molecule has 0 atom stereocenters. The third kappa shape index (κ3) is 6.80. The van der Waals surface area contributed by atoms with Gasteiger partial charge in [0.15, 0.2) is 0 Å². The van der Waals surface area contributed by atoms with Crippen molar-refractivity contribution in [2.75, 3.05) is 19.6 Å². The zero-order valence-corrected chi connectivity index (χ0v) is 12.7. The Morgan fingerprint density at radius 2 is 2.06 bits per heavy atom. The topological polar surface area (TPSA) is 41.6 Å². The minimum atomic E-state index is -0.361. The van der Waals surface area contributed by atoms with Crippen molar-refractivity contribution < 1.29 is 9.53 Å². The predicted octanol–water partition coefficient (Wildman–Crippen LogP) is 2.97. The van der Waals surface area contributed by atoms with Gasteiger partial charge in [0.05, 0.1) is 0 Å². The molecule has 1 amide bonds. The zero-order chi connectivity index (χ0) is 13.2. The van der Waals surface area contributed by atoms with Crippen LogP contribution in [0.5, 0.6) is 0 Å². The largest absolute Gasteiger partial charge is 0.445 e. The van der Waals surface area contributed by atoms with Crippen LogP contribution >= 0.6 is 22.9 Å². The number of nitrogens with one attached hydrogen (secondary N) is 1. The molecule has 0 aliphatic carbocycles. The van der Waals surface area contributed by atoms with E-state index in [1.165, 1.54) is 0 Å². The molecular formula is C13H19IN2O2. The highest BCUT2D eigenvalue weighted by molar-refractivity contribution is 14.1. The minimum absolute atomic E-state index is 0.315. The van der Waals surface area contributed by atoms with Gasteiger partial charge in [-0.25, -0.2) is 7.91 Å². The summed E-state index contributed by atoms with van der Waals surface area (Å²) in [5.41, 5.74) is 0.995. The number of halogens is 1. The summed E-state index contributed by atoms with van der Waals surface area (Å²) in [4.78, 5) is 11.4. The second-order valence-corrected chi connectivity index (χ2v) is 5.26. The van der Waals surface area contributed by atoms with Crippen molar-refractivity contribution in [3.8, 4) is 0 Å². The van der Waals surface area contributed by atoms with E-state index in [1.807, 2.05) is 30.3 Å². The molecule has 1 rings (SSSR count). The van der Waals surface area contributed by atoms with E-state index in [1.54, 1.807) is 0 Å². The van der Waals surface area contributed by atoms with Gasteiger partial charge in [-0.2, -0.15) is 0 Å². The maximum Gasteiger partial charge on any atom is 0.407 e. The van der Waals surface area contributed by atoms with Crippen molar-refractivity contribution in [3.05, 3.63) is 35.9 Å². The quantitative estimate of drug-likeness (QED) is 0.599. The average molecular weight is 362 g/mol. The van der Waals surface area contributed by atoms with Gasteiger partial charge in [0.25, 0.3) is 0 Å². The van der Waals surface area contributed by atoms with Gasteiger partial charge in [-0.3, -0.25) is 0 Å². The molecule has 0 spiro atoms. The Morgan fingerprint density at radius 3 is 2.72 bits per heavy atom. The molecule has 0 aliphatic rings. The number of hydrogen-bond donors (Lipinski definition) is 1. The maximum absolute atomic E-state index is 11.4. The first-order valence-electron chi connectivity index (χ1n) is 6.07. The maximum atomic E-state index is 11.4. The van der Waals surface area contributed by atoms with Gasteiger partial charge in [0.1, 0.15) is 6.61 Å². The Morgan fingerprint density at radius 1 is 1.33 bits per heavy atom. The molecule has 18 heavy (non-hydrogen) atoms. The highest BCUT2D eigenvalue weighted by Gasteiger charge is 2.03. The molecule has 5 heteroatoms. The van der Waals surface area contributed by atoms with Gasteiger partial charge in [-0.1, -0.05) is 37.3 Å². The van der Waals surface area contributed by atoms with Gasteiger partial charge in [0, 0.05) is 42.5 Å². The van der Waals surface area contributed by atoms with Crippen LogP contribution in [-0.2, 0) is 11.3 Å². The fourth-order valence-electron chi connectivity index (χ4n) is 1.41. The number of ether oxygens (including phenoxy) is 1. The van der Waals surface area contributed by atoms with Crippen molar-refractivity contribution in [2.45, 2.75) is 20.0 Å². The summed E-state index contributed by atoms with van der Waals surface area (Å²) in [5.74, 6) is 0. The third-order valence-corrected chi connectivity index (χ3v) is 3.27. The third-order valence-electron chi connectivity index (χ3n) is 2.30. The number of alkyl carbamates (subject to hydrolysis) is 1. The van der Waals surface area contributed by atoms with Gasteiger partial charge in [-0.05, 0) is 12.0 Å². The van der Waals surface area contributed by atoms with Gasteiger partial charge in [0.2, 0.25) is 0 Å². The molecule has 4 nitrogen and oxygen atoms in total. The molecule has 0 saturated carbocycles. The van der Waals surface area contributed by atoms with E-state index in [0.29, 0.717) is 13.2 Å². The number of nitrogens with zero attached hydrogens (tertiary/aromatic N) is 1. The number of rotatable bonds is 7. The lowest BCUT2D eigenvalue weighted by molar-refractivity contribution is 0.139. The standard InChI is InChI=1S/C13H19IN2O2/c1-2-9-16(14)10-8-15-13(17)18-11-12-6-4-3-5-7-12/h3-7H,2,8-11H2,1H3,(H,15,17). The molecule has 0 aromatic heterocycles. The van der Waals surface area contributed by atoms with E-state index in [0.717, 1.165) is 25.1 Å². The molecule has 100 valence electrons. The van der Waals surface area contributed by atoms with Crippen molar-refractivity contribution >= 4 is 29.0 Å². The Bertz CT molecular complexity index is 346. The Balaban J connectivity index is 2.11. The van der Waals surface area contributed by atoms with E-state index in [-0.39, 0.29) is 6.09 Å². The Labute approximate surface area is 122 Å². The summed E-state index contributed by atoms with van der Waals surface area (Å²) < 4.78 is 7.25. The van der Waals surface area contributed by atoms with E-state index in [2.05, 4.69) is 38.2 Å². The number of benzene rings is 1. The van der Waals surface area contributed by atoms with Crippen molar-refractivity contribution in [1.82, 2.24) is 8.43 Å². The monoisotopic (exact) mass is 362 g/mol. The summed E-state index contributed by atoms with van der Waals surface area (Å²) in [6, 6.07) is 9.65. The second kappa shape index (κ2) is 9.16. The van der Waals surface area contributed by atoms with Gasteiger partial charge >= 0.3 is 6.09 Å². The molecule has 0 radical (unpaired) electrons. The lowest BCUT2D eigenvalue weighted by Crippen LogP contribution is -2.31. The normalized spacial score (nSPS) is 10.4. The molecule has 0 unspecified atom stereocenters. The summed E-state index contributed by atoms with van der Waals surface area (Å²) in [7, 11) is 0. The molecule has 0 bridgehead atoms. The van der Waals surface area contributed by atoms with Crippen molar-refractivity contribution in [3.63, 3.8) is 0 Å².